The summed E-state index contributed by atoms with van der Waals surface area (Å²) in [5, 5.41) is 0. The molecule has 0 aliphatic heterocycles. The molecule has 0 bridgehead atoms. The average molecular weight is 298 g/mol. The van der Waals surface area contributed by atoms with Gasteiger partial charge in [0.1, 0.15) is 11.5 Å². The molecule has 0 N–H and O–H groups in total. The number of rotatable bonds is 6. The van der Waals surface area contributed by atoms with E-state index in [2.05, 4.69) is 13.8 Å². The lowest BCUT2D eigenvalue weighted by Crippen LogP contribution is -2.08. The minimum Gasteiger partial charge on any atom is -0.496 e. The summed E-state index contributed by atoms with van der Waals surface area (Å²) in [6, 6.07) is 13.4. The number of hydrogen-bond acceptors (Lipinski definition) is 3. The monoisotopic (exact) mass is 298 g/mol. The minimum atomic E-state index is 0.0487. The molecule has 0 amide bonds. The number of methoxy groups -OCH3 is 2. The molecule has 0 atom stereocenters. The number of ether oxygens (including phenoxy) is 2. The Morgan fingerprint density at radius 2 is 1.64 bits per heavy atom. The van der Waals surface area contributed by atoms with Gasteiger partial charge >= 0.3 is 0 Å². The number of ketones is 1. The van der Waals surface area contributed by atoms with Crippen LogP contribution in [0.25, 0.3) is 0 Å². The Kier molecular flexibility index (Phi) is 5.21. The fourth-order valence-corrected chi connectivity index (χ4v) is 2.47. The molecule has 0 aliphatic carbocycles. The first-order chi connectivity index (χ1) is 10.6. The summed E-state index contributed by atoms with van der Waals surface area (Å²) in [4.78, 5) is 12.6. The van der Waals surface area contributed by atoms with Crippen molar-refractivity contribution in [2.75, 3.05) is 14.2 Å². The first-order valence-electron chi connectivity index (χ1n) is 7.39. The minimum absolute atomic E-state index is 0.0487. The van der Waals surface area contributed by atoms with Crippen molar-refractivity contribution in [3.05, 3.63) is 59.2 Å². The molecule has 2 aromatic rings. The van der Waals surface area contributed by atoms with Crippen LogP contribution in [0.5, 0.6) is 11.5 Å². The van der Waals surface area contributed by atoms with Crippen LogP contribution in [-0.2, 0) is 6.42 Å². The highest BCUT2D eigenvalue weighted by atomic mass is 16.5. The molecular weight excluding hydrogens is 276 g/mol. The van der Waals surface area contributed by atoms with Gasteiger partial charge in [-0.3, -0.25) is 4.79 Å². The van der Waals surface area contributed by atoms with Gasteiger partial charge in [0, 0.05) is 12.5 Å². The smallest absolute Gasteiger partial charge is 0.170 e. The number of benzene rings is 2. The van der Waals surface area contributed by atoms with Crippen LogP contribution in [0.15, 0.2) is 42.5 Å². The van der Waals surface area contributed by atoms with E-state index < -0.39 is 0 Å². The molecule has 2 aromatic carbocycles. The Labute approximate surface area is 131 Å². The van der Waals surface area contributed by atoms with Crippen molar-refractivity contribution in [2.45, 2.75) is 26.2 Å². The lowest BCUT2D eigenvalue weighted by Gasteiger charge is -2.16. The van der Waals surface area contributed by atoms with E-state index in [1.54, 1.807) is 20.3 Å². The van der Waals surface area contributed by atoms with Crippen LogP contribution in [-0.4, -0.2) is 20.0 Å². The Morgan fingerprint density at radius 3 is 2.18 bits per heavy atom. The van der Waals surface area contributed by atoms with E-state index in [9.17, 15) is 4.79 Å². The maximum absolute atomic E-state index is 12.6. The third kappa shape index (κ3) is 3.48. The van der Waals surface area contributed by atoms with Gasteiger partial charge in [0.2, 0.25) is 0 Å². The average Bonchev–Trinajstić information content (AvgIpc) is 2.54. The fraction of sp³-hybridized carbons (Fsp3) is 0.316. The Hall–Kier alpha value is -2.29. The van der Waals surface area contributed by atoms with Gasteiger partial charge in [0.15, 0.2) is 5.78 Å². The van der Waals surface area contributed by atoms with E-state index in [0.29, 0.717) is 17.7 Å². The van der Waals surface area contributed by atoms with Crippen molar-refractivity contribution < 1.29 is 14.3 Å². The molecule has 0 radical (unpaired) electrons. The molecular formula is C19H22O3. The van der Waals surface area contributed by atoms with Gasteiger partial charge in [0.05, 0.1) is 19.8 Å². The van der Waals surface area contributed by atoms with Gasteiger partial charge in [-0.2, -0.15) is 0 Å². The highest BCUT2D eigenvalue weighted by Gasteiger charge is 2.18. The van der Waals surface area contributed by atoms with Crippen molar-refractivity contribution in [2.24, 2.45) is 0 Å². The molecule has 22 heavy (non-hydrogen) atoms. The zero-order valence-electron chi connectivity index (χ0n) is 13.6. The van der Waals surface area contributed by atoms with Gasteiger partial charge in [-0.05, 0) is 23.1 Å². The van der Waals surface area contributed by atoms with Gasteiger partial charge in [-0.25, -0.2) is 0 Å². The lowest BCUT2D eigenvalue weighted by atomic mass is 9.95. The zero-order valence-corrected chi connectivity index (χ0v) is 13.6. The summed E-state index contributed by atoms with van der Waals surface area (Å²) in [7, 11) is 3.20. The van der Waals surface area contributed by atoms with Crippen LogP contribution in [0.1, 0.15) is 41.3 Å². The molecule has 0 aromatic heterocycles. The summed E-state index contributed by atoms with van der Waals surface area (Å²) in [6.45, 7) is 4.16. The van der Waals surface area contributed by atoms with Crippen LogP contribution < -0.4 is 9.47 Å². The summed E-state index contributed by atoms with van der Waals surface area (Å²) < 4.78 is 10.8. The lowest BCUT2D eigenvalue weighted by molar-refractivity contribution is 0.0990. The normalized spacial score (nSPS) is 10.6. The van der Waals surface area contributed by atoms with Crippen molar-refractivity contribution in [3.63, 3.8) is 0 Å². The van der Waals surface area contributed by atoms with Crippen LogP contribution in [0, 0.1) is 0 Å². The van der Waals surface area contributed by atoms with Crippen LogP contribution in [0.2, 0.25) is 0 Å². The van der Waals surface area contributed by atoms with Gasteiger partial charge in [-0.15, -0.1) is 0 Å². The highest BCUT2D eigenvalue weighted by molar-refractivity contribution is 6.00. The van der Waals surface area contributed by atoms with Crippen molar-refractivity contribution in [1.82, 2.24) is 0 Å². The zero-order chi connectivity index (χ0) is 16.1. The van der Waals surface area contributed by atoms with Crippen LogP contribution >= 0.6 is 0 Å². The molecule has 0 spiro atoms. The molecule has 0 unspecified atom stereocenters. The molecule has 0 fully saturated rings. The molecule has 2 rings (SSSR count). The molecule has 116 valence electrons. The summed E-state index contributed by atoms with van der Waals surface area (Å²) in [5.41, 5.74) is 2.62. The Bertz CT molecular complexity index is 645. The van der Waals surface area contributed by atoms with Crippen LogP contribution in [0.4, 0.5) is 0 Å². The van der Waals surface area contributed by atoms with E-state index in [0.717, 1.165) is 16.9 Å². The molecule has 0 heterocycles. The fourth-order valence-electron chi connectivity index (χ4n) is 2.47. The predicted octanol–water partition coefficient (Wildman–Crippen LogP) is 4.25. The second-order valence-electron chi connectivity index (χ2n) is 5.53. The van der Waals surface area contributed by atoms with E-state index in [4.69, 9.17) is 9.47 Å². The topological polar surface area (TPSA) is 35.5 Å². The maximum atomic E-state index is 12.6. The van der Waals surface area contributed by atoms with E-state index in [-0.39, 0.29) is 11.7 Å². The van der Waals surface area contributed by atoms with Crippen molar-refractivity contribution in [3.8, 4) is 11.5 Å². The van der Waals surface area contributed by atoms with Gasteiger partial charge in [-0.1, -0.05) is 44.2 Å². The molecule has 3 heteroatoms. The van der Waals surface area contributed by atoms with Crippen molar-refractivity contribution in [1.29, 1.82) is 0 Å². The second-order valence-corrected chi connectivity index (χ2v) is 5.53. The standard InChI is InChI=1S/C19H22O3/c1-13(2)15-11-16(19(22-4)12-18(15)21-3)17(20)10-14-8-6-5-7-9-14/h5-9,11-13H,10H2,1-4H3. The molecule has 0 saturated carbocycles. The number of carbonyl (C=O) groups is 1. The number of Topliss-reactive ketones (excluding diaryl/α,β-unsaturated/α-hetero) is 1. The van der Waals surface area contributed by atoms with E-state index >= 15 is 0 Å². The maximum Gasteiger partial charge on any atom is 0.170 e. The van der Waals surface area contributed by atoms with Crippen LogP contribution in [0.3, 0.4) is 0 Å². The molecule has 0 aliphatic rings. The highest BCUT2D eigenvalue weighted by Crippen LogP contribution is 2.34. The Morgan fingerprint density at radius 1 is 1.00 bits per heavy atom. The SMILES string of the molecule is COc1cc(OC)c(C(C)C)cc1C(=O)Cc1ccccc1. The number of hydrogen-bond donors (Lipinski definition) is 0. The summed E-state index contributed by atoms with van der Waals surface area (Å²) in [6.07, 6.45) is 0.362. The molecule has 3 nitrogen and oxygen atoms in total. The van der Waals surface area contributed by atoms with E-state index in [1.165, 1.54) is 0 Å². The van der Waals surface area contributed by atoms with E-state index in [1.807, 2.05) is 36.4 Å². The third-order valence-corrected chi connectivity index (χ3v) is 3.68. The first kappa shape index (κ1) is 16.1. The van der Waals surface area contributed by atoms with Crippen molar-refractivity contribution >= 4 is 5.78 Å². The summed E-state index contributed by atoms with van der Waals surface area (Å²) in [5.74, 6) is 1.63. The predicted molar refractivity (Wildman–Crippen MR) is 88.1 cm³/mol. The molecule has 0 saturated heterocycles. The third-order valence-electron chi connectivity index (χ3n) is 3.68. The second kappa shape index (κ2) is 7.12. The largest absolute Gasteiger partial charge is 0.496 e. The summed E-state index contributed by atoms with van der Waals surface area (Å²) >= 11 is 0. The first-order valence-corrected chi connectivity index (χ1v) is 7.39. The number of carbonyl (C=O) groups excluding carboxylic acids is 1. The Balaban J connectivity index is 2.40. The van der Waals surface area contributed by atoms with Gasteiger partial charge in [0.25, 0.3) is 0 Å². The van der Waals surface area contributed by atoms with Gasteiger partial charge < -0.3 is 9.47 Å². The quantitative estimate of drug-likeness (QED) is 0.748.